The summed E-state index contributed by atoms with van der Waals surface area (Å²) in [4.78, 5) is 42.4. The molecule has 0 radical (unpaired) electrons. The number of amidine groups is 1. The highest BCUT2D eigenvalue weighted by Gasteiger charge is 2.32. The summed E-state index contributed by atoms with van der Waals surface area (Å²) in [6.45, 7) is 4.20. The summed E-state index contributed by atoms with van der Waals surface area (Å²) in [6.07, 6.45) is 9.02. The lowest BCUT2D eigenvalue weighted by atomic mass is 10.1. The number of benzene rings is 1. The summed E-state index contributed by atoms with van der Waals surface area (Å²) < 4.78 is 5.53. The fourth-order valence-corrected chi connectivity index (χ4v) is 5.94. The van der Waals surface area contributed by atoms with Crippen molar-refractivity contribution >= 4 is 29.4 Å². The Bertz CT molecular complexity index is 1150. The number of hydrogen-bond donors (Lipinski definition) is 2. The van der Waals surface area contributed by atoms with E-state index >= 15 is 0 Å². The number of aliphatic hydroxyl groups is 1. The molecule has 3 heterocycles. The van der Waals surface area contributed by atoms with Crippen molar-refractivity contribution in [2.24, 2.45) is 4.99 Å². The van der Waals surface area contributed by atoms with Crippen LogP contribution in [-0.2, 0) is 19.2 Å². The number of rotatable bonds is 10. The number of amides is 2. The molecule has 0 saturated carbocycles. The van der Waals surface area contributed by atoms with Gasteiger partial charge in [0.25, 0.3) is 11.8 Å². The van der Waals surface area contributed by atoms with E-state index in [1.54, 1.807) is 11.8 Å². The molecule has 1 aromatic rings. The summed E-state index contributed by atoms with van der Waals surface area (Å²) in [7, 11) is 0. The van der Waals surface area contributed by atoms with Crippen LogP contribution in [-0.4, -0.2) is 103 Å². The van der Waals surface area contributed by atoms with Gasteiger partial charge in [-0.05, 0) is 18.9 Å². The van der Waals surface area contributed by atoms with Crippen molar-refractivity contribution in [1.82, 2.24) is 20.2 Å². The van der Waals surface area contributed by atoms with Crippen LogP contribution in [0.1, 0.15) is 18.4 Å². The molecule has 1 atom stereocenters. The predicted octanol–water partition coefficient (Wildman–Crippen LogP) is 1.50. The molecule has 1 aliphatic carbocycles. The SMILES string of the molecule is O=C1C=CC(=O)N1CONC[C@H]1CN(C2=NC3=CCCC=C3Sc3ccccc32)CCN1CCOCCO. The molecular formula is C27H33N5O5S. The lowest BCUT2D eigenvalue weighted by Gasteiger charge is -2.42. The number of carbonyl (C=O) groups excluding carboxylic acids is 2. The van der Waals surface area contributed by atoms with Gasteiger partial charge in [0.1, 0.15) is 12.6 Å². The molecule has 38 heavy (non-hydrogen) atoms. The maximum absolute atomic E-state index is 11.8. The topological polar surface area (TPSA) is 107 Å². The van der Waals surface area contributed by atoms with Crippen molar-refractivity contribution in [2.75, 3.05) is 59.3 Å². The first-order valence-electron chi connectivity index (χ1n) is 13.0. The van der Waals surface area contributed by atoms with E-state index in [2.05, 4.69) is 51.7 Å². The van der Waals surface area contributed by atoms with E-state index in [0.29, 0.717) is 32.8 Å². The van der Waals surface area contributed by atoms with Crippen LogP contribution in [0.4, 0.5) is 0 Å². The minimum atomic E-state index is -0.378. The highest BCUT2D eigenvalue weighted by atomic mass is 32.2. The van der Waals surface area contributed by atoms with Gasteiger partial charge in [0.15, 0.2) is 0 Å². The average Bonchev–Trinajstić information content (AvgIpc) is 3.15. The third-order valence-corrected chi connectivity index (χ3v) is 8.01. The Hall–Kier alpha value is -2.80. The lowest BCUT2D eigenvalue weighted by Crippen LogP contribution is -2.58. The van der Waals surface area contributed by atoms with Gasteiger partial charge >= 0.3 is 0 Å². The number of carbonyl (C=O) groups is 2. The van der Waals surface area contributed by atoms with Gasteiger partial charge in [0, 0.05) is 66.3 Å². The average molecular weight is 540 g/mol. The molecule has 0 spiro atoms. The Balaban J connectivity index is 1.29. The molecule has 0 bridgehead atoms. The maximum Gasteiger partial charge on any atom is 0.255 e. The number of hydrogen-bond acceptors (Lipinski definition) is 10. The molecule has 1 aromatic carbocycles. The first-order chi connectivity index (χ1) is 18.6. The van der Waals surface area contributed by atoms with Crippen LogP contribution in [0.5, 0.6) is 0 Å². The van der Waals surface area contributed by atoms with Gasteiger partial charge in [-0.15, -0.1) is 0 Å². The highest BCUT2D eigenvalue weighted by Crippen LogP contribution is 2.40. The van der Waals surface area contributed by atoms with E-state index in [1.165, 1.54) is 22.0 Å². The van der Waals surface area contributed by atoms with E-state index in [0.717, 1.165) is 47.9 Å². The maximum atomic E-state index is 11.8. The Kier molecular flexibility index (Phi) is 9.05. The number of aliphatic hydroxyl groups excluding tert-OH is 1. The second-order valence-electron chi connectivity index (χ2n) is 9.30. The number of piperazine rings is 1. The van der Waals surface area contributed by atoms with Crippen molar-refractivity contribution in [3.05, 3.63) is 64.7 Å². The summed E-state index contributed by atoms with van der Waals surface area (Å²) in [6, 6.07) is 8.49. The van der Waals surface area contributed by atoms with Crippen LogP contribution < -0.4 is 5.48 Å². The largest absolute Gasteiger partial charge is 0.394 e. The molecule has 5 rings (SSSR count). The van der Waals surface area contributed by atoms with E-state index < -0.39 is 0 Å². The van der Waals surface area contributed by atoms with Crippen molar-refractivity contribution in [3.8, 4) is 0 Å². The third kappa shape index (κ3) is 6.25. The Morgan fingerprint density at radius 2 is 1.89 bits per heavy atom. The number of hydroxylamine groups is 1. The molecule has 1 saturated heterocycles. The van der Waals surface area contributed by atoms with Gasteiger partial charge in [0.2, 0.25) is 0 Å². The van der Waals surface area contributed by atoms with Gasteiger partial charge in [-0.25, -0.2) is 9.89 Å². The summed E-state index contributed by atoms with van der Waals surface area (Å²) in [5.74, 6) is 0.222. The predicted molar refractivity (Wildman–Crippen MR) is 144 cm³/mol. The van der Waals surface area contributed by atoms with E-state index in [4.69, 9.17) is 19.7 Å². The zero-order chi connectivity index (χ0) is 26.3. The molecule has 3 aliphatic heterocycles. The first-order valence-corrected chi connectivity index (χ1v) is 13.8. The normalized spacial score (nSPS) is 21.6. The Labute approximate surface area is 226 Å². The molecule has 1 fully saturated rings. The summed E-state index contributed by atoms with van der Waals surface area (Å²) in [5, 5.41) is 9.04. The van der Waals surface area contributed by atoms with E-state index in [-0.39, 0.29) is 31.2 Å². The number of nitrogens with zero attached hydrogens (tertiary/aromatic N) is 4. The van der Waals surface area contributed by atoms with Crippen LogP contribution in [0.2, 0.25) is 0 Å². The number of nitrogens with one attached hydrogen (secondary N) is 1. The second kappa shape index (κ2) is 12.8. The number of fused-ring (bicyclic) bond motifs is 2. The minimum Gasteiger partial charge on any atom is -0.394 e. The molecule has 2 N–H and O–H groups in total. The quantitative estimate of drug-likeness (QED) is 0.260. The van der Waals surface area contributed by atoms with Gasteiger partial charge in [0.05, 0.1) is 25.5 Å². The summed E-state index contributed by atoms with van der Waals surface area (Å²) >= 11 is 1.78. The van der Waals surface area contributed by atoms with Gasteiger partial charge in [-0.1, -0.05) is 42.1 Å². The summed E-state index contributed by atoms with van der Waals surface area (Å²) in [5.41, 5.74) is 5.14. The number of aliphatic imine (C=N–C) groups is 1. The van der Waals surface area contributed by atoms with Crippen LogP contribution in [0.25, 0.3) is 0 Å². The van der Waals surface area contributed by atoms with Crippen molar-refractivity contribution < 1.29 is 24.3 Å². The zero-order valence-corrected chi connectivity index (χ0v) is 22.1. The van der Waals surface area contributed by atoms with Crippen molar-refractivity contribution in [3.63, 3.8) is 0 Å². The molecule has 0 aromatic heterocycles. The highest BCUT2D eigenvalue weighted by molar-refractivity contribution is 8.03. The number of allylic oxidation sites excluding steroid dienone is 2. The molecule has 10 nitrogen and oxygen atoms in total. The molecule has 11 heteroatoms. The van der Waals surface area contributed by atoms with Gasteiger partial charge < -0.3 is 14.7 Å². The monoisotopic (exact) mass is 539 g/mol. The fraction of sp³-hybridized carbons (Fsp3) is 0.444. The molecule has 2 amide bonds. The first kappa shape index (κ1) is 26.8. The third-order valence-electron chi connectivity index (χ3n) is 6.84. The number of imide groups is 1. The van der Waals surface area contributed by atoms with E-state index in [1.807, 2.05) is 0 Å². The molecule has 202 valence electrons. The van der Waals surface area contributed by atoms with Crippen molar-refractivity contribution in [1.29, 1.82) is 0 Å². The molecule has 4 aliphatic rings. The standard InChI is InChI=1S/C27H33N5O5S/c33-14-16-36-15-13-30-11-12-31(18-20(30)17-28-37-19-32-25(34)9-10-26(32)35)27-21-5-1-3-7-23(21)38-24-8-4-2-6-22(24)29-27/h1,3,5-10,20,28,33H,2,4,11-19H2/t20-/m0/s1. The van der Waals surface area contributed by atoms with Crippen LogP contribution >= 0.6 is 11.8 Å². The van der Waals surface area contributed by atoms with E-state index in [9.17, 15) is 9.59 Å². The van der Waals surface area contributed by atoms with Crippen LogP contribution in [0, 0.1) is 0 Å². The Morgan fingerprint density at radius 1 is 1.08 bits per heavy atom. The number of ether oxygens (including phenoxy) is 1. The molecular weight excluding hydrogens is 506 g/mol. The minimum absolute atomic E-state index is 0.00106. The van der Waals surface area contributed by atoms with Crippen LogP contribution in [0.3, 0.4) is 0 Å². The smallest absolute Gasteiger partial charge is 0.255 e. The van der Waals surface area contributed by atoms with Crippen LogP contribution in [0.15, 0.2) is 69.1 Å². The van der Waals surface area contributed by atoms with Crippen molar-refractivity contribution in [2.45, 2.75) is 23.8 Å². The lowest BCUT2D eigenvalue weighted by molar-refractivity contribution is -0.146. The molecule has 0 unspecified atom stereocenters. The number of thioether (sulfide) groups is 1. The van der Waals surface area contributed by atoms with Gasteiger partial charge in [-0.2, -0.15) is 5.48 Å². The second-order valence-corrected chi connectivity index (χ2v) is 10.4. The Morgan fingerprint density at radius 3 is 2.74 bits per heavy atom. The zero-order valence-electron chi connectivity index (χ0n) is 21.3. The fourth-order valence-electron chi connectivity index (χ4n) is 4.85. The van der Waals surface area contributed by atoms with Gasteiger partial charge in [-0.3, -0.25) is 19.3 Å².